The topological polar surface area (TPSA) is 92.8 Å². The number of aromatic nitrogens is 4. The first kappa shape index (κ1) is 16.1. The van der Waals surface area contributed by atoms with E-state index in [1.54, 1.807) is 23.5 Å². The predicted molar refractivity (Wildman–Crippen MR) is 91.2 cm³/mol. The minimum atomic E-state index is -0.506. The Morgan fingerprint density at radius 1 is 1.33 bits per heavy atom. The highest BCUT2D eigenvalue weighted by molar-refractivity contribution is 7.09. The summed E-state index contributed by atoms with van der Waals surface area (Å²) >= 11 is 1.60. The van der Waals surface area contributed by atoms with Crippen molar-refractivity contribution >= 4 is 22.9 Å². The highest BCUT2D eigenvalue weighted by atomic mass is 32.1. The molecule has 2 aromatic heterocycles. The van der Waals surface area contributed by atoms with Crippen molar-refractivity contribution in [2.24, 2.45) is 0 Å². The molecule has 0 saturated heterocycles. The SMILES string of the molecule is CCOc1ccc(NC(=O)C(Cc2cccs2)c2nn[nH]n2)cc1. The molecule has 1 aromatic carbocycles. The normalized spacial score (nSPS) is 11.9. The van der Waals surface area contributed by atoms with E-state index in [-0.39, 0.29) is 5.91 Å². The van der Waals surface area contributed by atoms with Crippen LogP contribution < -0.4 is 10.1 Å². The number of carbonyl (C=O) groups excluding carboxylic acids is 1. The fraction of sp³-hybridized carbons (Fsp3) is 0.250. The third-order valence-electron chi connectivity index (χ3n) is 3.41. The first-order valence-electron chi connectivity index (χ1n) is 7.55. The summed E-state index contributed by atoms with van der Waals surface area (Å²) in [6, 6.07) is 11.2. The summed E-state index contributed by atoms with van der Waals surface area (Å²) in [6.45, 7) is 2.53. The molecule has 2 N–H and O–H groups in total. The van der Waals surface area contributed by atoms with Gasteiger partial charge in [0.15, 0.2) is 5.82 Å². The molecule has 0 radical (unpaired) electrons. The summed E-state index contributed by atoms with van der Waals surface area (Å²) in [5.41, 5.74) is 0.697. The molecule has 3 rings (SSSR count). The molecule has 124 valence electrons. The predicted octanol–water partition coefficient (Wildman–Crippen LogP) is 2.62. The van der Waals surface area contributed by atoms with Crippen molar-refractivity contribution in [2.45, 2.75) is 19.3 Å². The molecule has 2 heterocycles. The number of hydrogen-bond donors (Lipinski definition) is 2. The van der Waals surface area contributed by atoms with Crippen LogP contribution in [-0.2, 0) is 11.2 Å². The largest absolute Gasteiger partial charge is 0.494 e. The highest BCUT2D eigenvalue weighted by Crippen LogP contribution is 2.23. The second kappa shape index (κ2) is 7.69. The van der Waals surface area contributed by atoms with Crippen molar-refractivity contribution in [3.63, 3.8) is 0 Å². The van der Waals surface area contributed by atoms with E-state index < -0.39 is 5.92 Å². The number of thiophene rings is 1. The van der Waals surface area contributed by atoms with Crippen molar-refractivity contribution in [3.8, 4) is 5.75 Å². The summed E-state index contributed by atoms with van der Waals surface area (Å²) < 4.78 is 5.40. The molecule has 8 heteroatoms. The molecule has 24 heavy (non-hydrogen) atoms. The maximum absolute atomic E-state index is 12.7. The van der Waals surface area contributed by atoms with E-state index in [9.17, 15) is 4.79 Å². The quantitative estimate of drug-likeness (QED) is 0.688. The van der Waals surface area contributed by atoms with Crippen LogP contribution in [0.25, 0.3) is 0 Å². The zero-order chi connectivity index (χ0) is 16.8. The average molecular weight is 343 g/mol. The number of nitrogens with zero attached hydrogens (tertiary/aromatic N) is 3. The molecule has 0 aliphatic carbocycles. The zero-order valence-electron chi connectivity index (χ0n) is 13.1. The van der Waals surface area contributed by atoms with Gasteiger partial charge >= 0.3 is 0 Å². The molecule has 0 fully saturated rings. The fourth-order valence-corrected chi connectivity index (χ4v) is 3.03. The van der Waals surface area contributed by atoms with Crippen LogP contribution in [0, 0.1) is 0 Å². The van der Waals surface area contributed by atoms with Crippen LogP contribution in [0.4, 0.5) is 5.69 Å². The van der Waals surface area contributed by atoms with E-state index in [0.29, 0.717) is 24.5 Å². The third-order valence-corrected chi connectivity index (χ3v) is 4.31. The van der Waals surface area contributed by atoms with Crippen LogP contribution >= 0.6 is 11.3 Å². The number of aromatic amines is 1. The van der Waals surface area contributed by atoms with Crippen molar-refractivity contribution in [3.05, 3.63) is 52.5 Å². The first-order valence-corrected chi connectivity index (χ1v) is 8.43. The smallest absolute Gasteiger partial charge is 0.235 e. The molecular formula is C16H17N5O2S. The Bertz CT molecular complexity index is 756. The highest BCUT2D eigenvalue weighted by Gasteiger charge is 2.25. The summed E-state index contributed by atoms with van der Waals surface area (Å²) in [4.78, 5) is 13.8. The Kier molecular flexibility index (Phi) is 5.17. The maximum Gasteiger partial charge on any atom is 0.235 e. The van der Waals surface area contributed by atoms with Gasteiger partial charge in [-0.2, -0.15) is 5.21 Å². The molecule has 7 nitrogen and oxygen atoms in total. The summed E-state index contributed by atoms with van der Waals surface area (Å²) in [5.74, 6) is 0.471. The van der Waals surface area contributed by atoms with Crippen LogP contribution in [0.15, 0.2) is 41.8 Å². The van der Waals surface area contributed by atoms with E-state index in [2.05, 4.69) is 25.9 Å². The molecule has 1 atom stereocenters. The molecule has 0 aliphatic rings. The maximum atomic E-state index is 12.7. The van der Waals surface area contributed by atoms with Gasteiger partial charge in [-0.15, -0.1) is 21.5 Å². The summed E-state index contributed by atoms with van der Waals surface area (Å²) in [7, 11) is 0. The minimum absolute atomic E-state index is 0.172. The molecule has 0 saturated carbocycles. The van der Waals surface area contributed by atoms with Crippen molar-refractivity contribution in [2.75, 3.05) is 11.9 Å². The Morgan fingerprint density at radius 3 is 2.79 bits per heavy atom. The number of ether oxygens (including phenoxy) is 1. The number of amides is 1. The number of benzene rings is 1. The second-order valence-electron chi connectivity index (χ2n) is 5.05. The number of carbonyl (C=O) groups is 1. The van der Waals surface area contributed by atoms with E-state index in [4.69, 9.17) is 4.74 Å². The monoisotopic (exact) mass is 343 g/mol. The van der Waals surface area contributed by atoms with Gasteiger partial charge in [0.25, 0.3) is 0 Å². The molecular weight excluding hydrogens is 326 g/mol. The average Bonchev–Trinajstić information content (AvgIpc) is 3.28. The molecule has 0 bridgehead atoms. The standard InChI is InChI=1S/C16H17N5O2S/c1-2-23-12-7-5-11(6-8-12)17-16(22)14(15-18-20-21-19-15)10-13-4-3-9-24-13/h3-9,14H,2,10H2,1H3,(H,17,22)(H,18,19,20,21). The Morgan fingerprint density at radius 2 is 2.17 bits per heavy atom. The molecule has 0 aliphatic heterocycles. The van der Waals surface area contributed by atoms with Gasteiger partial charge in [-0.1, -0.05) is 11.3 Å². The van der Waals surface area contributed by atoms with Gasteiger partial charge in [-0.25, -0.2) is 0 Å². The van der Waals surface area contributed by atoms with Crippen LogP contribution in [-0.4, -0.2) is 33.1 Å². The van der Waals surface area contributed by atoms with Crippen LogP contribution in [0.3, 0.4) is 0 Å². The van der Waals surface area contributed by atoms with Gasteiger partial charge in [-0.05, 0) is 42.6 Å². The van der Waals surface area contributed by atoms with Gasteiger partial charge in [0.1, 0.15) is 11.7 Å². The van der Waals surface area contributed by atoms with Gasteiger partial charge in [0.2, 0.25) is 5.91 Å². The Labute approximate surface area is 143 Å². The molecule has 1 amide bonds. The lowest BCUT2D eigenvalue weighted by Gasteiger charge is -2.13. The molecule has 1 unspecified atom stereocenters. The van der Waals surface area contributed by atoms with E-state index in [0.717, 1.165) is 10.6 Å². The van der Waals surface area contributed by atoms with Crippen LogP contribution in [0.2, 0.25) is 0 Å². The van der Waals surface area contributed by atoms with Gasteiger partial charge in [-0.3, -0.25) is 4.79 Å². The lowest BCUT2D eigenvalue weighted by atomic mass is 10.0. The summed E-state index contributed by atoms with van der Waals surface area (Å²) in [5, 5.41) is 18.8. The second-order valence-corrected chi connectivity index (χ2v) is 6.08. The number of tetrazole rings is 1. The van der Waals surface area contributed by atoms with Gasteiger partial charge in [0, 0.05) is 17.0 Å². The minimum Gasteiger partial charge on any atom is -0.494 e. The van der Waals surface area contributed by atoms with E-state index in [1.807, 2.05) is 36.6 Å². The lowest BCUT2D eigenvalue weighted by Crippen LogP contribution is -2.24. The Balaban J connectivity index is 1.73. The third kappa shape index (κ3) is 3.96. The van der Waals surface area contributed by atoms with Crippen molar-refractivity contribution < 1.29 is 9.53 Å². The van der Waals surface area contributed by atoms with E-state index >= 15 is 0 Å². The fourth-order valence-electron chi connectivity index (χ4n) is 2.28. The first-order chi connectivity index (χ1) is 11.8. The Hall–Kier alpha value is -2.74. The van der Waals surface area contributed by atoms with Crippen LogP contribution in [0.5, 0.6) is 5.75 Å². The molecule has 0 spiro atoms. The number of hydrogen-bond acceptors (Lipinski definition) is 6. The number of anilines is 1. The van der Waals surface area contributed by atoms with Gasteiger partial charge in [0.05, 0.1) is 6.61 Å². The number of rotatable bonds is 7. The van der Waals surface area contributed by atoms with E-state index in [1.165, 1.54) is 0 Å². The molecule has 3 aromatic rings. The van der Waals surface area contributed by atoms with Gasteiger partial charge < -0.3 is 10.1 Å². The number of nitrogens with one attached hydrogen (secondary N) is 2. The van der Waals surface area contributed by atoms with Crippen LogP contribution in [0.1, 0.15) is 23.5 Å². The lowest BCUT2D eigenvalue weighted by molar-refractivity contribution is -0.117. The number of H-pyrrole nitrogens is 1. The summed E-state index contributed by atoms with van der Waals surface area (Å²) in [6.07, 6.45) is 0.528. The van der Waals surface area contributed by atoms with Crippen molar-refractivity contribution in [1.29, 1.82) is 0 Å². The van der Waals surface area contributed by atoms with Crippen molar-refractivity contribution in [1.82, 2.24) is 20.6 Å². The zero-order valence-corrected chi connectivity index (χ0v) is 13.9.